The summed E-state index contributed by atoms with van der Waals surface area (Å²) in [4.78, 5) is 0. The second-order valence-electron chi connectivity index (χ2n) is 3.28. The van der Waals surface area contributed by atoms with Gasteiger partial charge in [0.2, 0.25) is 0 Å². The first kappa shape index (κ1) is 11.2. The van der Waals surface area contributed by atoms with Crippen LogP contribution in [0.4, 0.5) is 0 Å². The van der Waals surface area contributed by atoms with Gasteiger partial charge >= 0.3 is 0 Å². The third-order valence-corrected chi connectivity index (χ3v) is 2.89. The van der Waals surface area contributed by atoms with E-state index < -0.39 is 0 Å². The second-order valence-corrected chi connectivity index (χ2v) is 3.79. The largest absolute Gasteiger partial charge is 0.355 e. The molecule has 13 heavy (non-hydrogen) atoms. The number of nitrogens with two attached hydrogens (primary N) is 2. The molecule has 4 nitrogen and oxygen atoms in total. The number of rotatable bonds is 5. The third kappa shape index (κ3) is 2.54. The second kappa shape index (κ2) is 5.12. The quantitative estimate of drug-likeness (QED) is 0.537. The predicted octanol–water partition coefficient (Wildman–Crippen LogP) is -0.396. The Hall–Kier alpha value is 0.130. The maximum atomic E-state index is 6.03. The van der Waals surface area contributed by atoms with Gasteiger partial charge in [0.25, 0.3) is 0 Å². The lowest BCUT2D eigenvalue weighted by Crippen LogP contribution is -2.62. The number of nitrogens with one attached hydrogen (secondary N) is 1. The Bertz CT molecular complexity index is 154. The van der Waals surface area contributed by atoms with Gasteiger partial charge in [0.15, 0.2) is 0 Å². The van der Waals surface area contributed by atoms with Crippen LogP contribution >= 0.6 is 11.6 Å². The molecule has 1 fully saturated rings. The van der Waals surface area contributed by atoms with Gasteiger partial charge in [-0.25, -0.2) is 0 Å². The highest BCUT2D eigenvalue weighted by Gasteiger charge is 2.40. The van der Waals surface area contributed by atoms with E-state index in [1.807, 2.05) is 0 Å². The van der Waals surface area contributed by atoms with E-state index >= 15 is 0 Å². The van der Waals surface area contributed by atoms with E-state index in [0.29, 0.717) is 13.1 Å². The monoisotopic (exact) mass is 207 g/mol. The molecule has 0 bridgehead atoms. The number of ether oxygens (including phenoxy) is 1. The fourth-order valence-corrected chi connectivity index (χ4v) is 1.64. The van der Waals surface area contributed by atoms with Crippen LogP contribution in [0.25, 0.3) is 0 Å². The molecule has 1 saturated heterocycles. The summed E-state index contributed by atoms with van der Waals surface area (Å²) in [5.74, 6) is 0. The molecule has 0 aromatic rings. The summed E-state index contributed by atoms with van der Waals surface area (Å²) < 4.78 is 5.41. The van der Waals surface area contributed by atoms with Crippen molar-refractivity contribution >= 4 is 11.6 Å². The zero-order chi connectivity index (χ0) is 9.84. The zero-order valence-electron chi connectivity index (χ0n) is 7.87. The molecule has 1 rings (SSSR count). The van der Waals surface area contributed by atoms with E-state index in [-0.39, 0.29) is 23.8 Å². The number of hydrogen-bond donors (Lipinski definition) is 3. The first-order chi connectivity index (χ1) is 6.22. The van der Waals surface area contributed by atoms with Crippen LogP contribution in [0.5, 0.6) is 0 Å². The standard InChI is InChI=1S/C8H18ClN3O/c1-2-5(3-10)12-8-7(9)6(4-11)13-8/h5-8,12H,2-4,10-11H2,1H3. The van der Waals surface area contributed by atoms with Gasteiger partial charge < -0.3 is 16.2 Å². The van der Waals surface area contributed by atoms with Crippen LogP contribution in [0.1, 0.15) is 13.3 Å². The van der Waals surface area contributed by atoms with Crippen LogP contribution in [0, 0.1) is 0 Å². The summed E-state index contributed by atoms with van der Waals surface area (Å²) >= 11 is 6.03. The molecule has 0 aromatic heterocycles. The van der Waals surface area contributed by atoms with Gasteiger partial charge in [0.05, 0.1) is 6.10 Å². The maximum Gasteiger partial charge on any atom is 0.128 e. The maximum absolute atomic E-state index is 6.03. The average Bonchev–Trinajstić information content (AvgIpc) is 2.17. The van der Waals surface area contributed by atoms with Crippen molar-refractivity contribution in [2.45, 2.75) is 37.1 Å². The molecule has 1 aliphatic heterocycles. The number of alkyl halides is 1. The Balaban J connectivity index is 2.24. The smallest absolute Gasteiger partial charge is 0.128 e. The first-order valence-corrected chi connectivity index (χ1v) is 5.12. The minimum atomic E-state index is -0.0799. The van der Waals surface area contributed by atoms with Gasteiger partial charge in [-0.15, -0.1) is 11.6 Å². The lowest BCUT2D eigenvalue weighted by Gasteiger charge is -2.42. The Kier molecular flexibility index (Phi) is 4.41. The lowest BCUT2D eigenvalue weighted by atomic mass is 10.1. The highest BCUT2D eigenvalue weighted by atomic mass is 35.5. The molecule has 0 saturated carbocycles. The summed E-state index contributed by atoms with van der Waals surface area (Å²) in [6, 6.07) is 0.282. The Labute approximate surface area is 83.9 Å². The molecule has 0 aliphatic carbocycles. The molecule has 0 amide bonds. The van der Waals surface area contributed by atoms with Crippen molar-refractivity contribution in [3.63, 3.8) is 0 Å². The Morgan fingerprint density at radius 3 is 2.62 bits per heavy atom. The fraction of sp³-hybridized carbons (Fsp3) is 1.00. The van der Waals surface area contributed by atoms with E-state index in [4.69, 9.17) is 27.8 Å². The summed E-state index contributed by atoms with van der Waals surface area (Å²) in [7, 11) is 0. The van der Waals surface area contributed by atoms with Crippen molar-refractivity contribution in [1.29, 1.82) is 0 Å². The SMILES string of the molecule is CCC(CN)NC1OC(CN)C1Cl. The van der Waals surface area contributed by atoms with Crippen LogP contribution in [0.2, 0.25) is 0 Å². The van der Waals surface area contributed by atoms with Crippen molar-refractivity contribution in [2.75, 3.05) is 13.1 Å². The highest BCUT2D eigenvalue weighted by Crippen LogP contribution is 2.24. The summed E-state index contributed by atoms with van der Waals surface area (Å²) in [6.45, 7) is 3.16. The van der Waals surface area contributed by atoms with Gasteiger partial charge in [-0.3, -0.25) is 5.32 Å². The molecule has 5 N–H and O–H groups in total. The van der Waals surface area contributed by atoms with Crippen molar-refractivity contribution in [3.8, 4) is 0 Å². The van der Waals surface area contributed by atoms with E-state index in [0.717, 1.165) is 6.42 Å². The number of hydrogen-bond acceptors (Lipinski definition) is 4. The summed E-state index contributed by atoms with van der Waals surface area (Å²) in [5.41, 5.74) is 11.0. The molecule has 4 atom stereocenters. The fourth-order valence-electron chi connectivity index (χ4n) is 1.35. The average molecular weight is 208 g/mol. The van der Waals surface area contributed by atoms with Crippen molar-refractivity contribution in [2.24, 2.45) is 11.5 Å². The van der Waals surface area contributed by atoms with Gasteiger partial charge in [0.1, 0.15) is 11.6 Å². The zero-order valence-corrected chi connectivity index (χ0v) is 8.63. The lowest BCUT2D eigenvalue weighted by molar-refractivity contribution is -0.132. The van der Waals surface area contributed by atoms with E-state index in [2.05, 4.69) is 12.2 Å². The van der Waals surface area contributed by atoms with Gasteiger partial charge in [-0.05, 0) is 6.42 Å². The van der Waals surface area contributed by atoms with Crippen LogP contribution < -0.4 is 16.8 Å². The topological polar surface area (TPSA) is 73.3 Å². The number of halogens is 1. The van der Waals surface area contributed by atoms with Crippen molar-refractivity contribution in [1.82, 2.24) is 5.32 Å². The summed E-state index contributed by atoms with van der Waals surface area (Å²) in [5, 5.41) is 3.21. The van der Waals surface area contributed by atoms with Crippen LogP contribution in [-0.2, 0) is 4.74 Å². The van der Waals surface area contributed by atoms with E-state index in [1.165, 1.54) is 0 Å². The minimum Gasteiger partial charge on any atom is -0.355 e. The van der Waals surface area contributed by atoms with Crippen LogP contribution in [-0.4, -0.2) is 36.8 Å². The molecule has 4 unspecified atom stereocenters. The Morgan fingerprint density at radius 2 is 2.23 bits per heavy atom. The predicted molar refractivity (Wildman–Crippen MR) is 53.6 cm³/mol. The minimum absolute atomic E-state index is 0.00514. The Morgan fingerprint density at radius 1 is 1.54 bits per heavy atom. The van der Waals surface area contributed by atoms with Crippen molar-refractivity contribution in [3.05, 3.63) is 0 Å². The molecule has 0 spiro atoms. The van der Waals surface area contributed by atoms with Crippen LogP contribution in [0.3, 0.4) is 0 Å². The highest BCUT2D eigenvalue weighted by molar-refractivity contribution is 6.21. The summed E-state index contributed by atoms with van der Waals surface area (Å²) in [6.07, 6.45) is 0.894. The normalized spacial score (nSPS) is 35.5. The van der Waals surface area contributed by atoms with Crippen molar-refractivity contribution < 1.29 is 4.74 Å². The first-order valence-electron chi connectivity index (χ1n) is 4.68. The molecule has 78 valence electrons. The molecule has 1 aliphatic rings. The van der Waals surface area contributed by atoms with Gasteiger partial charge in [-0.2, -0.15) is 0 Å². The molecular formula is C8H18ClN3O. The van der Waals surface area contributed by atoms with Gasteiger partial charge in [0, 0.05) is 19.1 Å². The molecule has 5 heteroatoms. The third-order valence-electron chi connectivity index (χ3n) is 2.38. The van der Waals surface area contributed by atoms with E-state index in [9.17, 15) is 0 Å². The molecular weight excluding hydrogens is 190 g/mol. The molecule has 0 radical (unpaired) electrons. The van der Waals surface area contributed by atoms with Gasteiger partial charge in [-0.1, -0.05) is 6.92 Å². The molecule has 0 aromatic carbocycles. The molecule has 1 heterocycles. The van der Waals surface area contributed by atoms with Crippen LogP contribution in [0.15, 0.2) is 0 Å². The van der Waals surface area contributed by atoms with E-state index in [1.54, 1.807) is 0 Å².